The predicted molar refractivity (Wildman–Crippen MR) is 98.7 cm³/mol. The Labute approximate surface area is 157 Å². The van der Waals surface area contributed by atoms with Crippen molar-refractivity contribution in [2.24, 2.45) is 14.1 Å². The van der Waals surface area contributed by atoms with E-state index in [4.69, 9.17) is 16.1 Å². The number of aryl methyl sites for hydroxylation is 3. The van der Waals surface area contributed by atoms with Crippen LogP contribution in [0, 0.1) is 0 Å². The maximum atomic E-state index is 12.4. The molecule has 10 heteroatoms. The van der Waals surface area contributed by atoms with E-state index in [0.29, 0.717) is 40.9 Å². The fraction of sp³-hybridized carbons (Fsp3) is 0.235. The van der Waals surface area contributed by atoms with Gasteiger partial charge in [0.2, 0.25) is 0 Å². The van der Waals surface area contributed by atoms with E-state index in [1.54, 1.807) is 35.9 Å². The van der Waals surface area contributed by atoms with Gasteiger partial charge in [0, 0.05) is 37.6 Å². The van der Waals surface area contributed by atoms with E-state index in [0.717, 1.165) is 10.1 Å². The Morgan fingerprint density at radius 1 is 1.11 bits per heavy atom. The fourth-order valence-electron chi connectivity index (χ4n) is 2.85. The minimum atomic E-state index is -0.413. The third-order valence-corrected chi connectivity index (χ3v) is 4.60. The summed E-state index contributed by atoms with van der Waals surface area (Å²) < 4.78 is 9.39. The van der Waals surface area contributed by atoms with E-state index in [-0.39, 0.29) is 5.56 Å². The summed E-state index contributed by atoms with van der Waals surface area (Å²) in [4.78, 5) is 33.0. The van der Waals surface area contributed by atoms with Gasteiger partial charge < -0.3 is 9.09 Å². The summed E-state index contributed by atoms with van der Waals surface area (Å²) in [5.74, 6) is 0.902. The number of hydrogen-bond donors (Lipinski definition) is 0. The van der Waals surface area contributed by atoms with Gasteiger partial charge in [-0.25, -0.2) is 9.78 Å². The minimum Gasteiger partial charge on any atom is -0.334 e. The Kier molecular flexibility index (Phi) is 4.15. The van der Waals surface area contributed by atoms with Crippen molar-refractivity contribution < 1.29 is 4.52 Å². The molecule has 3 heterocycles. The highest BCUT2D eigenvalue weighted by molar-refractivity contribution is 6.30. The highest BCUT2D eigenvalue weighted by Gasteiger charge is 2.15. The normalized spacial score (nSPS) is 11.4. The number of hydrogen-bond acceptors (Lipinski definition) is 6. The van der Waals surface area contributed by atoms with Gasteiger partial charge in [-0.3, -0.25) is 13.9 Å². The summed E-state index contributed by atoms with van der Waals surface area (Å²) in [7, 11) is 3.03. The van der Waals surface area contributed by atoms with Crippen molar-refractivity contribution in [3.05, 3.63) is 62.3 Å². The van der Waals surface area contributed by atoms with Crippen molar-refractivity contribution in [1.82, 2.24) is 28.8 Å². The molecule has 1 aromatic carbocycles. The lowest BCUT2D eigenvalue weighted by Crippen LogP contribution is -2.37. The molecule has 27 heavy (non-hydrogen) atoms. The summed E-state index contributed by atoms with van der Waals surface area (Å²) in [6.45, 7) is 0.420. The van der Waals surface area contributed by atoms with Crippen molar-refractivity contribution in [2.45, 2.75) is 13.0 Å². The van der Waals surface area contributed by atoms with E-state index in [1.807, 2.05) is 0 Å². The Balaban J connectivity index is 1.61. The monoisotopic (exact) mass is 386 g/mol. The van der Waals surface area contributed by atoms with Crippen molar-refractivity contribution in [2.75, 3.05) is 0 Å². The smallest absolute Gasteiger partial charge is 0.332 e. The van der Waals surface area contributed by atoms with Gasteiger partial charge in [-0.1, -0.05) is 16.8 Å². The molecule has 0 amide bonds. The van der Waals surface area contributed by atoms with E-state index >= 15 is 0 Å². The molecule has 0 aliphatic carbocycles. The largest absolute Gasteiger partial charge is 0.334 e. The minimum absolute atomic E-state index is 0.345. The lowest BCUT2D eigenvalue weighted by molar-refractivity contribution is 0.420. The van der Waals surface area contributed by atoms with Crippen LogP contribution in [0.2, 0.25) is 5.02 Å². The van der Waals surface area contributed by atoms with Crippen LogP contribution in [0.15, 0.2) is 44.7 Å². The number of rotatable bonds is 4. The third kappa shape index (κ3) is 2.95. The first-order chi connectivity index (χ1) is 13.0. The second-order valence-corrected chi connectivity index (χ2v) is 6.53. The topological polar surface area (TPSA) is 101 Å². The van der Waals surface area contributed by atoms with Crippen molar-refractivity contribution in [3.63, 3.8) is 0 Å². The molecule has 0 aliphatic rings. The second-order valence-electron chi connectivity index (χ2n) is 6.09. The van der Waals surface area contributed by atoms with E-state index in [2.05, 4.69) is 15.1 Å². The second kappa shape index (κ2) is 6.51. The average Bonchev–Trinajstić information content (AvgIpc) is 3.30. The zero-order valence-electron chi connectivity index (χ0n) is 14.6. The molecule has 4 aromatic rings. The van der Waals surface area contributed by atoms with Gasteiger partial charge in [-0.2, -0.15) is 4.98 Å². The number of halogens is 1. The first kappa shape index (κ1) is 17.2. The molecule has 0 unspecified atom stereocenters. The Bertz CT molecular complexity index is 1250. The molecule has 0 saturated heterocycles. The fourth-order valence-corrected chi connectivity index (χ4v) is 2.98. The molecule has 0 saturated carbocycles. The van der Waals surface area contributed by atoms with Gasteiger partial charge in [0.05, 0.1) is 6.33 Å². The SMILES string of the molecule is Cn1c(=O)c2c(ncn2CCc2noc(-c3ccc(Cl)cc3)n2)n(C)c1=O. The molecule has 3 aromatic heterocycles. The lowest BCUT2D eigenvalue weighted by atomic mass is 10.2. The number of benzene rings is 1. The molecule has 0 spiro atoms. The number of fused-ring (bicyclic) bond motifs is 1. The van der Waals surface area contributed by atoms with Crippen molar-refractivity contribution in [1.29, 1.82) is 0 Å². The highest BCUT2D eigenvalue weighted by atomic mass is 35.5. The quantitative estimate of drug-likeness (QED) is 0.525. The number of nitrogens with zero attached hydrogens (tertiary/aromatic N) is 6. The molecule has 0 aliphatic heterocycles. The van der Waals surface area contributed by atoms with Crippen molar-refractivity contribution in [3.8, 4) is 11.5 Å². The maximum absolute atomic E-state index is 12.4. The number of imidazole rings is 1. The van der Waals surface area contributed by atoms with Gasteiger partial charge in [0.25, 0.3) is 11.4 Å². The molecule has 0 radical (unpaired) electrons. The van der Waals surface area contributed by atoms with E-state index < -0.39 is 5.69 Å². The van der Waals surface area contributed by atoms with Crippen LogP contribution in [0.3, 0.4) is 0 Å². The maximum Gasteiger partial charge on any atom is 0.332 e. The first-order valence-corrected chi connectivity index (χ1v) is 8.53. The summed E-state index contributed by atoms with van der Waals surface area (Å²) in [5, 5.41) is 4.60. The van der Waals surface area contributed by atoms with Gasteiger partial charge in [-0.15, -0.1) is 0 Å². The van der Waals surface area contributed by atoms with Crippen LogP contribution < -0.4 is 11.2 Å². The Hall–Kier alpha value is -3.20. The molecular weight excluding hydrogens is 372 g/mol. The molecule has 0 atom stereocenters. The summed E-state index contributed by atoms with van der Waals surface area (Å²) in [5.41, 5.74) is 0.679. The number of aromatic nitrogens is 6. The van der Waals surface area contributed by atoms with Crippen LogP contribution in [-0.4, -0.2) is 28.8 Å². The third-order valence-electron chi connectivity index (χ3n) is 4.35. The predicted octanol–water partition coefficient (Wildman–Crippen LogP) is 1.38. The van der Waals surface area contributed by atoms with Crippen LogP contribution in [0.4, 0.5) is 0 Å². The molecule has 9 nitrogen and oxygen atoms in total. The highest BCUT2D eigenvalue weighted by Crippen LogP contribution is 2.20. The summed E-state index contributed by atoms with van der Waals surface area (Å²) >= 11 is 5.88. The van der Waals surface area contributed by atoms with Crippen molar-refractivity contribution >= 4 is 22.8 Å². The molecule has 0 bridgehead atoms. The van der Waals surface area contributed by atoms with Crippen LogP contribution in [-0.2, 0) is 27.1 Å². The Morgan fingerprint density at radius 3 is 2.59 bits per heavy atom. The van der Waals surface area contributed by atoms with Gasteiger partial charge in [0.1, 0.15) is 0 Å². The first-order valence-electron chi connectivity index (χ1n) is 8.15. The molecule has 0 N–H and O–H groups in total. The molecule has 0 fully saturated rings. The van der Waals surface area contributed by atoms with Gasteiger partial charge >= 0.3 is 5.69 Å². The van der Waals surface area contributed by atoms with Crippen LogP contribution in [0.5, 0.6) is 0 Å². The van der Waals surface area contributed by atoms with Crippen LogP contribution in [0.1, 0.15) is 5.82 Å². The summed E-state index contributed by atoms with van der Waals surface area (Å²) in [6.07, 6.45) is 1.97. The van der Waals surface area contributed by atoms with Crippen LogP contribution >= 0.6 is 11.6 Å². The van der Waals surface area contributed by atoms with Gasteiger partial charge in [-0.05, 0) is 24.3 Å². The molecular formula is C17H15ClN6O3. The molecule has 4 rings (SSSR count). The standard InChI is InChI=1S/C17H15ClN6O3/c1-22-14-13(16(25)23(2)17(22)26)24(9-19-14)8-7-12-20-15(27-21-12)10-3-5-11(18)6-4-10/h3-6,9H,7-8H2,1-2H3. The zero-order chi connectivity index (χ0) is 19.1. The molecule has 138 valence electrons. The average molecular weight is 387 g/mol. The van der Waals surface area contributed by atoms with E-state index in [1.165, 1.54) is 17.9 Å². The van der Waals surface area contributed by atoms with Crippen LogP contribution in [0.25, 0.3) is 22.6 Å². The lowest BCUT2D eigenvalue weighted by Gasteiger charge is -2.05. The Morgan fingerprint density at radius 2 is 1.85 bits per heavy atom. The zero-order valence-corrected chi connectivity index (χ0v) is 15.3. The van der Waals surface area contributed by atoms with E-state index in [9.17, 15) is 9.59 Å². The van der Waals surface area contributed by atoms with Gasteiger partial charge in [0.15, 0.2) is 17.0 Å². The summed E-state index contributed by atoms with van der Waals surface area (Å²) in [6, 6.07) is 7.09.